The molecule has 1 saturated carbocycles. The minimum Gasteiger partial charge on any atom is -0.362 e. The Morgan fingerprint density at radius 3 is 2.27 bits per heavy atom. The van der Waals surface area contributed by atoms with Gasteiger partial charge < -0.3 is 20.9 Å². The highest BCUT2D eigenvalue weighted by molar-refractivity contribution is 7.80. The van der Waals surface area contributed by atoms with Crippen molar-refractivity contribution in [3.8, 4) is 0 Å². The van der Waals surface area contributed by atoms with Crippen molar-refractivity contribution >= 4 is 34.8 Å². The van der Waals surface area contributed by atoms with Crippen LogP contribution in [0.1, 0.15) is 49.8 Å². The Morgan fingerprint density at radius 1 is 0.970 bits per heavy atom. The van der Waals surface area contributed by atoms with Crippen LogP contribution in [-0.4, -0.2) is 41.3 Å². The highest BCUT2D eigenvalue weighted by atomic mass is 32.1. The summed E-state index contributed by atoms with van der Waals surface area (Å²) in [6.45, 7) is 0. The van der Waals surface area contributed by atoms with E-state index in [2.05, 4.69) is 20.9 Å². The number of nitrogens with zero attached hydrogens (tertiary/aromatic N) is 3. The van der Waals surface area contributed by atoms with Crippen molar-refractivity contribution in [1.82, 2.24) is 15.3 Å². The lowest BCUT2D eigenvalue weighted by Crippen LogP contribution is -2.42. The van der Waals surface area contributed by atoms with Crippen LogP contribution in [0.25, 0.3) is 0 Å². The van der Waals surface area contributed by atoms with E-state index in [-0.39, 0.29) is 17.2 Å². The normalized spacial score (nSPS) is 20.0. The number of halogens is 3. The van der Waals surface area contributed by atoms with Gasteiger partial charge in [-0.1, -0.05) is 0 Å². The molecule has 2 aliphatic carbocycles. The van der Waals surface area contributed by atoms with Gasteiger partial charge >= 0.3 is 0 Å². The lowest BCUT2D eigenvalue weighted by Gasteiger charge is -2.31. The SMILES string of the molecule is CN(C)c1nc(NC2CCC(NC(=S)Nc3c(F)cc(F)cc3F)CC2)nc2c1CCCC2. The average Bonchev–Trinajstić information content (AvgIpc) is 2.77. The third-order valence-electron chi connectivity index (χ3n) is 6.23. The van der Waals surface area contributed by atoms with Crippen molar-refractivity contribution < 1.29 is 13.2 Å². The first-order chi connectivity index (χ1) is 15.8. The van der Waals surface area contributed by atoms with Crippen LogP contribution in [0.2, 0.25) is 0 Å². The molecule has 10 heteroatoms. The van der Waals surface area contributed by atoms with Gasteiger partial charge in [-0.3, -0.25) is 0 Å². The molecule has 0 spiro atoms. The zero-order valence-corrected chi connectivity index (χ0v) is 19.7. The highest BCUT2D eigenvalue weighted by Gasteiger charge is 2.25. The fraction of sp³-hybridized carbons (Fsp3) is 0.522. The first kappa shape index (κ1) is 23.5. The largest absolute Gasteiger partial charge is 0.362 e. The second-order valence-corrected chi connectivity index (χ2v) is 9.34. The quantitative estimate of drug-likeness (QED) is 0.545. The van der Waals surface area contributed by atoms with Gasteiger partial charge in [0.25, 0.3) is 0 Å². The maximum absolute atomic E-state index is 13.8. The third kappa shape index (κ3) is 5.66. The van der Waals surface area contributed by atoms with Gasteiger partial charge in [0.15, 0.2) is 16.7 Å². The fourth-order valence-corrected chi connectivity index (χ4v) is 4.84. The van der Waals surface area contributed by atoms with Gasteiger partial charge in [-0.2, -0.15) is 4.98 Å². The number of nitrogens with one attached hydrogen (secondary N) is 3. The topological polar surface area (TPSA) is 65.1 Å². The monoisotopic (exact) mass is 478 g/mol. The predicted molar refractivity (Wildman–Crippen MR) is 128 cm³/mol. The molecule has 6 nitrogen and oxygen atoms in total. The minimum atomic E-state index is -1.02. The molecule has 1 aromatic carbocycles. The zero-order chi connectivity index (χ0) is 23.5. The van der Waals surface area contributed by atoms with Crippen LogP contribution in [0.3, 0.4) is 0 Å². The molecule has 2 aliphatic rings. The van der Waals surface area contributed by atoms with Crippen molar-refractivity contribution in [3.05, 3.63) is 40.8 Å². The summed E-state index contributed by atoms with van der Waals surface area (Å²) in [7, 11) is 4.02. The van der Waals surface area contributed by atoms with E-state index in [0.29, 0.717) is 18.1 Å². The van der Waals surface area contributed by atoms with Crippen LogP contribution >= 0.6 is 12.2 Å². The molecule has 0 saturated heterocycles. The van der Waals surface area contributed by atoms with Crippen LogP contribution in [-0.2, 0) is 12.8 Å². The molecular weight excluding hydrogens is 449 g/mol. The minimum absolute atomic E-state index is 0.0800. The Labute approximate surface area is 197 Å². The van der Waals surface area contributed by atoms with E-state index in [1.165, 1.54) is 12.0 Å². The number of rotatable bonds is 5. The van der Waals surface area contributed by atoms with Crippen LogP contribution in [0.15, 0.2) is 12.1 Å². The standard InChI is InChI=1S/C23H29F3N6S/c1-32(2)21-16-5-3-4-6-19(16)29-22(31-21)27-14-7-9-15(10-8-14)28-23(33)30-20-17(25)11-13(24)12-18(20)26/h11-12,14-15H,3-10H2,1-2H3,(H,27,29,31)(H2,28,30,33). The van der Waals surface area contributed by atoms with E-state index in [1.54, 1.807) is 0 Å². The summed E-state index contributed by atoms with van der Waals surface area (Å²) in [5, 5.41) is 9.24. The van der Waals surface area contributed by atoms with E-state index in [1.807, 2.05) is 14.1 Å². The van der Waals surface area contributed by atoms with Crippen molar-refractivity contribution in [3.63, 3.8) is 0 Å². The summed E-state index contributed by atoms with van der Waals surface area (Å²) in [6.07, 6.45) is 7.79. The van der Waals surface area contributed by atoms with Crippen LogP contribution in [0.4, 0.5) is 30.6 Å². The summed E-state index contributed by atoms with van der Waals surface area (Å²) in [6, 6.07) is 1.56. The fourth-order valence-electron chi connectivity index (χ4n) is 4.57. The molecule has 0 unspecified atom stereocenters. The molecule has 2 aromatic rings. The predicted octanol–water partition coefficient (Wildman–Crippen LogP) is 4.55. The number of aryl methyl sites for hydroxylation is 1. The van der Waals surface area contributed by atoms with E-state index in [9.17, 15) is 13.2 Å². The summed E-state index contributed by atoms with van der Waals surface area (Å²) < 4.78 is 40.8. The lowest BCUT2D eigenvalue weighted by atomic mass is 9.91. The second-order valence-electron chi connectivity index (χ2n) is 8.93. The van der Waals surface area contributed by atoms with Crippen LogP contribution < -0.4 is 20.9 Å². The number of hydrogen-bond acceptors (Lipinski definition) is 5. The summed E-state index contributed by atoms with van der Waals surface area (Å²) >= 11 is 5.21. The lowest BCUT2D eigenvalue weighted by molar-refractivity contribution is 0.387. The van der Waals surface area contributed by atoms with Gasteiger partial charge in [0.05, 0.1) is 5.69 Å². The van der Waals surface area contributed by atoms with E-state index >= 15 is 0 Å². The molecule has 1 heterocycles. The van der Waals surface area contributed by atoms with Crippen LogP contribution in [0.5, 0.6) is 0 Å². The van der Waals surface area contributed by atoms with E-state index in [4.69, 9.17) is 22.2 Å². The highest BCUT2D eigenvalue weighted by Crippen LogP contribution is 2.29. The number of benzene rings is 1. The first-order valence-corrected chi connectivity index (χ1v) is 11.8. The molecule has 0 radical (unpaired) electrons. The molecule has 0 atom stereocenters. The molecule has 1 fully saturated rings. The maximum atomic E-state index is 13.8. The Kier molecular flexibility index (Phi) is 7.21. The molecule has 3 N–H and O–H groups in total. The number of anilines is 3. The van der Waals surface area contributed by atoms with Gasteiger partial charge in [-0.05, 0) is 63.6 Å². The summed E-state index contributed by atoms with van der Waals surface area (Å²) in [4.78, 5) is 11.6. The molecule has 33 heavy (non-hydrogen) atoms. The van der Waals surface area contributed by atoms with Crippen molar-refractivity contribution in [1.29, 1.82) is 0 Å². The molecule has 0 bridgehead atoms. The Morgan fingerprint density at radius 2 is 1.61 bits per heavy atom. The van der Waals surface area contributed by atoms with Gasteiger partial charge in [-0.25, -0.2) is 18.2 Å². The van der Waals surface area contributed by atoms with Crippen molar-refractivity contribution in [2.75, 3.05) is 29.6 Å². The van der Waals surface area contributed by atoms with Gasteiger partial charge in [0.2, 0.25) is 5.95 Å². The Bertz CT molecular complexity index is 1000. The van der Waals surface area contributed by atoms with E-state index in [0.717, 1.165) is 56.5 Å². The van der Waals surface area contributed by atoms with Crippen molar-refractivity contribution in [2.45, 2.75) is 63.5 Å². The molecular formula is C23H29F3N6S. The molecule has 1 aromatic heterocycles. The average molecular weight is 479 g/mol. The van der Waals surface area contributed by atoms with E-state index < -0.39 is 23.1 Å². The van der Waals surface area contributed by atoms with Gasteiger partial charge in [0.1, 0.15) is 17.3 Å². The smallest absolute Gasteiger partial charge is 0.225 e. The zero-order valence-electron chi connectivity index (χ0n) is 18.9. The number of thiocarbonyl (C=S) groups is 1. The summed E-state index contributed by atoms with van der Waals surface area (Å²) in [5.41, 5.74) is 1.96. The Hall–Kier alpha value is -2.62. The number of fused-ring (bicyclic) bond motifs is 1. The van der Waals surface area contributed by atoms with Crippen LogP contribution in [0, 0.1) is 17.5 Å². The third-order valence-corrected chi connectivity index (χ3v) is 6.45. The maximum Gasteiger partial charge on any atom is 0.225 e. The van der Waals surface area contributed by atoms with Gasteiger partial charge in [0, 0.05) is 43.9 Å². The first-order valence-electron chi connectivity index (χ1n) is 11.4. The molecule has 0 amide bonds. The summed E-state index contributed by atoms with van der Waals surface area (Å²) in [5.74, 6) is -1.34. The Balaban J connectivity index is 1.31. The number of aromatic nitrogens is 2. The molecule has 4 rings (SSSR count). The van der Waals surface area contributed by atoms with Gasteiger partial charge in [-0.15, -0.1) is 0 Å². The number of hydrogen-bond donors (Lipinski definition) is 3. The molecule has 0 aliphatic heterocycles. The molecule has 178 valence electrons. The van der Waals surface area contributed by atoms with Crippen molar-refractivity contribution in [2.24, 2.45) is 0 Å². The second kappa shape index (κ2) is 10.1.